The van der Waals surface area contributed by atoms with Gasteiger partial charge in [0.1, 0.15) is 0 Å². The number of carbonyl (C=O) groups is 4. The number of hydrogen-bond acceptors (Lipinski definition) is 6. The predicted molar refractivity (Wildman–Crippen MR) is 199 cm³/mol. The Bertz CT molecular complexity index is 593. The lowest BCUT2D eigenvalue weighted by Crippen LogP contribution is -1.93. The molecule has 0 saturated heterocycles. The maximum atomic E-state index is 10.3. The molecule has 0 aromatic carbocycles. The van der Waals surface area contributed by atoms with Gasteiger partial charge in [-0.15, -0.1) is 0 Å². The van der Waals surface area contributed by atoms with Crippen LogP contribution in [0.5, 0.6) is 0 Å². The van der Waals surface area contributed by atoms with Crippen LogP contribution in [0.15, 0.2) is 0 Å². The first-order valence-electron chi connectivity index (χ1n) is 18.2. The SMILES string of the molecule is CCCCCCCCCCCCCCCC(=O)O.CCCCCCCCCCCCCCCC(=O)O.O=C(O)CS.O=C(O)CS. The Labute approximate surface area is 293 Å². The lowest BCUT2D eigenvalue weighted by molar-refractivity contribution is -0.138. The van der Waals surface area contributed by atoms with Crippen molar-refractivity contribution in [1.29, 1.82) is 0 Å². The maximum absolute atomic E-state index is 10.3. The third-order valence-corrected chi connectivity index (χ3v) is 7.80. The van der Waals surface area contributed by atoms with Crippen LogP contribution in [0.1, 0.15) is 194 Å². The van der Waals surface area contributed by atoms with Crippen molar-refractivity contribution in [1.82, 2.24) is 0 Å². The Hall–Kier alpha value is -1.42. The minimum absolute atomic E-state index is 0.0833. The molecule has 0 unspecified atom stereocenters. The fraction of sp³-hybridized carbons (Fsp3) is 0.889. The molecule has 0 heterocycles. The van der Waals surface area contributed by atoms with Crippen LogP contribution >= 0.6 is 25.3 Å². The highest BCUT2D eigenvalue weighted by molar-refractivity contribution is 7.81. The van der Waals surface area contributed by atoms with Gasteiger partial charge in [0.2, 0.25) is 0 Å². The van der Waals surface area contributed by atoms with Crippen LogP contribution in [-0.2, 0) is 19.2 Å². The van der Waals surface area contributed by atoms with Gasteiger partial charge < -0.3 is 20.4 Å². The molecule has 0 aliphatic heterocycles. The molecule has 276 valence electrons. The number of thiol groups is 2. The minimum Gasteiger partial charge on any atom is -0.481 e. The van der Waals surface area contributed by atoms with Gasteiger partial charge in [0.25, 0.3) is 0 Å². The molecule has 0 bridgehead atoms. The zero-order chi connectivity index (χ0) is 35.5. The lowest BCUT2D eigenvalue weighted by atomic mass is 10.0. The average Bonchev–Trinajstić information content (AvgIpc) is 3.02. The van der Waals surface area contributed by atoms with Crippen LogP contribution in [0.3, 0.4) is 0 Å². The summed E-state index contributed by atoms with van der Waals surface area (Å²) < 4.78 is 0. The molecule has 0 saturated carbocycles. The minimum atomic E-state index is -0.881. The first-order chi connectivity index (χ1) is 22.1. The molecule has 0 aliphatic rings. The van der Waals surface area contributed by atoms with E-state index in [9.17, 15) is 19.2 Å². The first-order valence-corrected chi connectivity index (χ1v) is 19.4. The van der Waals surface area contributed by atoms with E-state index in [1.165, 1.54) is 141 Å². The molecule has 0 amide bonds. The Morgan fingerprint density at radius 3 is 0.609 bits per heavy atom. The summed E-state index contributed by atoms with van der Waals surface area (Å²) in [5, 5.41) is 32.3. The third-order valence-electron chi connectivity index (χ3n) is 7.26. The van der Waals surface area contributed by atoms with Crippen molar-refractivity contribution in [3.63, 3.8) is 0 Å². The molecule has 10 heteroatoms. The largest absolute Gasteiger partial charge is 0.481 e. The van der Waals surface area contributed by atoms with E-state index in [2.05, 4.69) is 39.1 Å². The van der Waals surface area contributed by atoms with Crippen molar-refractivity contribution >= 4 is 49.1 Å². The molecule has 0 spiro atoms. The maximum Gasteiger partial charge on any atom is 0.313 e. The summed E-state index contributed by atoms with van der Waals surface area (Å²) in [6, 6.07) is 0. The zero-order valence-corrected chi connectivity index (χ0v) is 31.3. The van der Waals surface area contributed by atoms with E-state index < -0.39 is 23.9 Å². The van der Waals surface area contributed by atoms with Crippen LogP contribution in [-0.4, -0.2) is 55.8 Å². The van der Waals surface area contributed by atoms with Gasteiger partial charge in [-0.1, -0.05) is 168 Å². The van der Waals surface area contributed by atoms with E-state index in [-0.39, 0.29) is 11.5 Å². The van der Waals surface area contributed by atoms with E-state index >= 15 is 0 Å². The molecule has 0 rings (SSSR count). The second-order valence-electron chi connectivity index (χ2n) is 11.9. The van der Waals surface area contributed by atoms with Crippen LogP contribution in [0.25, 0.3) is 0 Å². The van der Waals surface area contributed by atoms with Gasteiger partial charge in [-0.3, -0.25) is 19.2 Å². The summed E-state index contributed by atoms with van der Waals surface area (Å²) in [6.45, 7) is 4.52. The molecule has 46 heavy (non-hydrogen) atoms. The number of hydrogen-bond donors (Lipinski definition) is 6. The van der Waals surface area contributed by atoms with Gasteiger partial charge in [-0.05, 0) is 12.8 Å². The van der Waals surface area contributed by atoms with E-state index in [0.29, 0.717) is 12.8 Å². The first kappa shape index (κ1) is 51.4. The van der Waals surface area contributed by atoms with E-state index in [1.54, 1.807) is 0 Å². The Morgan fingerprint density at radius 2 is 0.478 bits per heavy atom. The summed E-state index contributed by atoms with van der Waals surface area (Å²) in [7, 11) is 0. The lowest BCUT2D eigenvalue weighted by Gasteiger charge is -2.02. The third kappa shape index (κ3) is 69.4. The topological polar surface area (TPSA) is 149 Å². The van der Waals surface area contributed by atoms with Gasteiger partial charge in [0.05, 0.1) is 11.5 Å². The molecule has 0 aromatic heterocycles. The van der Waals surface area contributed by atoms with Crippen molar-refractivity contribution in [2.45, 2.75) is 194 Å². The standard InChI is InChI=1S/2C16H32O2.2C2H4O2S/c2*1-2-3-4-5-6-7-8-9-10-11-12-13-14-15-16(17)18;2*3-2(4)1-5/h2*2-15H2,1H3,(H,17,18);2*5H,1H2,(H,3,4). The fourth-order valence-electron chi connectivity index (χ4n) is 4.59. The summed E-state index contributed by atoms with van der Waals surface area (Å²) in [5.74, 6) is -3.24. The van der Waals surface area contributed by atoms with Gasteiger partial charge in [0.15, 0.2) is 0 Å². The van der Waals surface area contributed by atoms with E-state index in [0.717, 1.165) is 25.7 Å². The van der Waals surface area contributed by atoms with Gasteiger partial charge >= 0.3 is 23.9 Å². The molecule has 0 aromatic rings. The number of carboxylic acids is 4. The molecular weight excluding hydrogens is 625 g/mol. The summed E-state index contributed by atoms with van der Waals surface area (Å²) in [4.78, 5) is 39.2. The smallest absolute Gasteiger partial charge is 0.313 e. The van der Waals surface area contributed by atoms with Crippen molar-refractivity contribution in [3.8, 4) is 0 Å². The van der Waals surface area contributed by atoms with Gasteiger partial charge in [-0.25, -0.2) is 0 Å². The van der Waals surface area contributed by atoms with Crippen LogP contribution in [0.2, 0.25) is 0 Å². The molecule has 0 aliphatic carbocycles. The molecule has 8 nitrogen and oxygen atoms in total. The second kappa shape index (κ2) is 48.0. The number of unbranched alkanes of at least 4 members (excludes halogenated alkanes) is 24. The predicted octanol–water partition coefficient (Wildman–Crippen LogP) is 11.1. The van der Waals surface area contributed by atoms with Crippen molar-refractivity contribution in [2.24, 2.45) is 0 Å². The average molecular weight is 697 g/mol. The molecule has 4 N–H and O–H groups in total. The summed E-state index contributed by atoms with van der Waals surface area (Å²) >= 11 is 6.83. The zero-order valence-electron chi connectivity index (χ0n) is 29.5. The van der Waals surface area contributed by atoms with Crippen molar-refractivity contribution in [3.05, 3.63) is 0 Å². The van der Waals surface area contributed by atoms with Crippen molar-refractivity contribution in [2.75, 3.05) is 11.5 Å². The Morgan fingerprint density at radius 1 is 0.326 bits per heavy atom. The Balaban J connectivity index is -0.000000296. The number of rotatable bonds is 30. The van der Waals surface area contributed by atoms with Gasteiger partial charge in [0, 0.05) is 12.8 Å². The van der Waals surface area contributed by atoms with Crippen LogP contribution in [0, 0.1) is 0 Å². The van der Waals surface area contributed by atoms with E-state index in [1.807, 2.05) is 0 Å². The molecule has 0 radical (unpaired) electrons. The fourth-order valence-corrected chi connectivity index (χ4v) is 4.59. The highest BCUT2D eigenvalue weighted by Crippen LogP contribution is 2.14. The summed E-state index contributed by atoms with van der Waals surface area (Å²) in [5.41, 5.74) is 0. The highest BCUT2D eigenvalue weighted by Gasteiger charge is 1.98. The number of carboxylic acid groups (broad SMARTS) is 4. The summed E-state index contributed by atoms with van der Waals surface area (Å²) in [6.07, 6.45) is 34.5. The second-order valence-corrected chi connectivity index (χ2v) is 12.5. The van der Waals surface area contributed by atoms with Gasteiger partial charge in [-0.2, -0.15) is 25.3 Å². The molecule has 0 atom stereocenters. The highest BCUT2D eigenvalue weighted by atomic mass is 32.1. The van der Waals surface area contributed by atoms with Crippen LogP contribution in [0.4, 0.5) is 0 Å². The van der Waals surface area contributed by atoms with E-state index in [4.69, 9.17) is 20.4 Å². The normalized spacial score (nSPS) is 10.0. The van der Waals surface area contributed by atoms with Crippen LogP contribution < -0.4 is 0 Å². The molecular formula is C36H72O8S2. The number of aliphatic carboxylic acids is 4. The van der Waals surface area contributed by atoms with Crippen molar-refractivity contribution < 1.29 is 39.6 Å². The monoisotopic (exact) mass is 696 g/mol. The Kier molecular flexibility index (Phi) is 53.6. The molecule has 0 fully saturated rings. The quantitative estimate of drug-likeness (QED) is 0.0321.